The topological polar surface area (TPSA) is 42.2 Å². The Hall–Kier alpha value is -3.14. The van der Waals surface area contributed by atoms with Crippen molar-refractivity contribution in [2.75, 3.05) is 11.9 Å². The third-order valence-corrected chi connectivity index (χ3v) is 4.53. The zero-order valence-corrected chi connectivity index (χ0v) is 15.1. The summed E-state index contributed by atoms with van der Waals surface area (Å²) in [5.41, 5.74) is 6.63. The van der Waals surface area contributed by atoms with Crippen LogP contribution in [-0.4, -0.2) is 21.1 Å². The van der Waals surface area contributed by atoms with Crippen LogP contribution in [0.15, 0.2) is 66.9 Å². The van der Waals surface area contributed by atoms with Crippen molar-refractivity contribution in [3.05, 3.63) is 83.7 Å². The van der Waals surface area contributed by atoms with Crippen molar-refractivity contribution in [2.24, 2.45) is 0 Å². The molecule has 4 rings (SSSR count). The van der Waals surface area contributed by atoms with Crippen LogP contribution in [0.1, 0.15) is 16.8 Å². The highest BCUT2D eigenvalue weighted by molar-refractivity contribution is 5.78. The zero-order valence-electron chi connectivity index (χ0n) is 15.1. The molecule has 0 bridgehead atoms. The summed E-state index contributed by atoms with van der Waals surface area (Å²) in [6.07, 6.45) is 2.87. The Morgan fingerprint density at radius 2 is 1.73 bits per heavy atom. The molecule has 4 aromatic rings. The van der Waals surface area contributed by atoms with E-state index in [1.165, 1.54) is 11.1 Å². The fraction of sp³-hybridized carbons (Fsp3) is 0.182. The van der Waals surface area contributed by atoms with Gasteiger partial charge in [0.25, 0.3) is 0 Å². The SMILES string of the molecule is Cc1ccc(-c2cnn3c(NCCc4ccccc4)cc(C)nc23)cc1. The molecular formula is C22H22N4. The molecule has 0 aliphatic rings. The van der Waals surface area contributed by atoms with Gasteiger partial charge in [-0.25, -0.2) is 4.98 Å². The molecule has 0 amide bonds. The maximum absolute atomic E-state index is 4.72. The average Bonchev–Trinajstić information content (AvgIpc) is 3.07. The Labute approximate surface area is 153 Å². The summed E-state index contributed by atoms with van der Waals surface area (Å²) in [7, 11) is 0. The molecule has 2 heterocycles. The Kier molecular flexibility index (Phi) is 4.40. The number of fused-ring (bicyclic) bond motifs is 1. The van der Waals surface area contributed by atoms with Crippen LogP contribution in [0.2, 0.25) is 0 Å². The van der Waals surface area contributed by atoms with Gasteiger partial charge in [-0.2, -0.15) is 9.61 Å². The lowest BCUT2D eigenvalue weighted by molar-refractivity contribution is 0.906. The lowest BCUT2D eigenvalue weighted by Crippen LogP contribution is -2.10. The number of rotatable bonds is 5. The molecule has 4 heteroatoms. The lowest BCUT2D eigenvalue weighted by Gasteiger charge is -2.10. The molecule has 2 aromatic carbocycles. The number of nitrogens with one attached hydrogen (secondary N) is 1. The van der Waals surface area contributed by atoms with Crippen LogP contribution in [0.25, 0.3) is 16.8 Å². The maximum atomic E-state index is 4.72. The zero-order chi connectivity index (χ0) is 17.9. The first kappa shape index (κ1) is 16.3. The second-order valence-electron chi connectivity index (χ2n) is 6.60. The first-order chi connectivity index (χ1) is 12.7. The second kappa shape index (κ2) is 7.00. The van der Waals surface area contributed by atoms with Gasteiger partial charge in [0.1, 0.15) is 5.82 Å². The van der Waals surface area contributed by atoms with Crippen molar-refractivity contribution in [1.29, 1.82) is 0 Å². The highest BCUT2D eigenvalue weighted by Gasteiger charge is 2.11. The molecule has 0 aliphatic carbocycles. The van der Waals surface area contributed by atoms with Gasteiger partial charge in [-0.3, -0.25) is 0 Å². The van der Waals surface area contributed by atoms with Crippen molar-refractivity contribution in [3.63, 3.8) is 0 Å². The van der Waals surface area contributed by atoms with E-state index >= 15 is 0 Å². The Morgan fingerprint density at radius 1 is 0.962 bits per heavy atom. The van der Waals surface area contributed by atoms with E-state index in [9.17, 15) is 0 Å². The van der Waals surface area contributed by atoms with Crippen LogP contribution in [0.5, 0.6) is 0 Å². The van der Waals surface area contributed by atoms with Gasteiger partial charge in [0, 0.05) is 23.9 Å². The van der Waals surface area contributed by atoms with Gasteiger partial charge >= 0.3 is 0 Å². The smallest absolute Gasteiger partial charge is 0.165 e. The summed E-state index contributed by atoms with van der Waals surface area (Å²) in [5, 5.41) is 8.09. The van der Waals surface area contributed by atoms with Crippen LogP contribution in [0.4, 0.5) is 5.82 Å². The number of anilines is 1. The predicted octanol–water partition coefficient (Wildman–Crippen LogP) is 4.67. The van der Waals surface area contributed by atoms with Crippen molar-refractivity contribution in [3.8, 4) is 11.1 Å². The van der Waals surface area contributed by atoms with Gasteiger partial charge in [0.15, 0.2) is 5.65 Å². The number of aryl methyl sites for hydroxylation is 2. The third kappa shape index (κ3) is 3.31. The van der Waals surface area contributed by atoms with Gasteiger partial charge < -0.3 is 5.32 Å². The first-order valence-electron chi connectivity index (χ1n) is 8.91. The van der Waals surface area contributed by atoms with Crippen LogP contribution >= 0.6 is 0 Å². The lowest BCUT2D eigenvalue weighted by atomic mass is 10.1. The van der Waals surface area contributed by atoms with Gasteiger partial charge in [-0.1, -0.05) is 60.2 Å². The van der Waals surface area contributed by atoms with E-state index in [2.05, 4.69) is 65.9 Å². The van der Waals surface area contributed by atoms with Crippen molar-refractivity contribution >= 4 is 11.5 Å². The van der Waals surface area contributed by atoms with Gasteiger partial charge in [0.2, 0.25) is 0 Å². The van der Waals surface area contributed by atoms with Crippen LogP contribution in [-0.2, 0) is 6.42 Å². The summed E-state index contributed by atoms with van der Waals surface area (Å²) >= 11 is 0. The van der Waals surface area contributed by atoms with E-state index in [0.717, 1.165) is 41.3 Å². The quantitative estimate of drug-likeness (QED) is 0.573. The van der Waals surface area contributed by atoms with Gasteiger partial charge in [-0.05, 0) is 31.4 Å². The normalized spacial score (nSPS) is 11.0. The monoisotopic (exact) mass is 342 g/mol. The summed E-state index contributed by atoms with van der Waals surface area (Å²) in [6, 6.07) is 21.0. The number of aromatic nitrogens is 3. The Bertz CT molecular complexity index is 1020. The average molecular weight is 342 g/mol. The molecule has 1 N–H and O–H groups in total. The van der Waals surface area contributed by atoms with Crippen LogP contribution in [0.3, 0.4) is 0 Å². The summed E-state index contributed by atoms with van der Waals surface area (Å²) in [6.45, 7) is 4.97. The first-order valence-corrected chi connectivity index (χ1v) is 8.91. The molecule has 0 atom stereocenters. The molecule has 26 heavy (non-hydrogen) atoms. The minimum absolute atomic E-state index is 0.849. The minimum atomic E-state index is 0.849. The highest BCUT2D eigenvalue weighted by atomic mass is 15.3. The summed E-state index contributed by atoms with van der Waals surface area (Å²) in [5.74, 6) is 0.974. The Morgan fingerprint density at radius 3 is 2.50 bits per heavy atom. The maximum Gasteiger partial charge on any atom is 0.165 e. The molecule has 0 fully saturated rings. The standard InChI is InChI=1S/C22H22N4/c1-16-8-10-19(11-9-16)20-15-24-26-21(14-17(2)25-22(20)26)23-13-12-18-6-4-3-5-7-18/h3-11,14-15,23H,12-13H2,1-2H3. The van der Waals surface area contributed by atoms with Crippen molar-refractivity contribution in [2.45, 2.75) is 20.3 Å². The Balaban J connectivity index is 1.62. The van der Waals surface area contributed by atoms with E-state index in [4.69, 9.17) is 4.98 Å². The summed E-state index contributed by atoms with van der Waals surface area (Å²) in [4.78, 5) is 4.72. The van der Waals surface area contributed by atoms with E-state index in [1.807, 2.05) is 29.8 Å². The number of benzene rings is 2. The van der Waals surface area contributed by atoms with Crippen LogP contribution < -0.4 is 5.32 Å². The molecule has 0 radical (unpaired) electrons. The van der Waals surface area contributed by atoms with Crippen molar-refractivity contribution in [1.82, 2.24) is 14.6 Å². The van der Waals surface area contributed by atoms with E-state index < -0.39 is 0 Å². The largest absolute Gasteiger partial charge is 0.370 e. The molecule has 0 saturated heterocycles. The molecule has 0 aliphatic heterocycles. The molecule has 0 unspecified atom stereocenters. The van der Waals surface area contributed by atoms with Crippen LogP contribution in [0, 0.1) is 13.8 Å². The fourth-order valence-corrected chi connectivity index (χ4v) is 3.13. The molecule has 4 nitrogen and oxygen atoms in total. The van der Waals surface area contributed by atoms with Gasteiger partial charge in [0.05, 0.1) is 6.20 Å². The molecule has 2 aromatic heterocycles. The number of hydrogen-bond acceptors (Lipinski definition) is 3. The fourth-order valence-electron chi connectivity index (χ4n) is 3.13. The summed E-state index contributed by atoms with van der Waals surface area (Å²) < 4.78 is 1.90. The van der Waals surface area contributed by atoms with E-state index in [1.54, 1.807) is 0 Å². The third-order valence-electron chi connectivity index (χ3n) is 4.53. The molecule has 130 valence electrons. The van der Waals surface area contributed by atoms with E-state index in [0.29, 0.717) is 0 Å². The number of nitrogens with zero attached hydrogens (tertiary/aromatic N) is 3. The van der Waals surface area contributed by atoms with Gasteiger partial charge in [-0.15, -0.1) is 0 Å². The number of hydrogen-bond donors (Lipinski definition) is 1. The second-order valence-corrected chi connectivity index (χ2v) is 6.60. The molecule has 0 spiro atoms. The van der Waals surface area contributed by atoms with E-state index in [-0.39, 0.29) is 0 Å². The minimum Gasteiger partial charge on any atom is -0.370 e. The molecular weight excluding hydrogens is 320 g/mol. The predicted molar refractivity (Wildman–Crippen MR) is 107 cm³/mol. The highest BCUT2D eigenvalue weighted by Crippen LogP contribution is 2.26. The molecule has 0 saturated carbocycles. The van der Waals surface area contributed by atoms with Crippen molar-refractivity contribution < 1.29 is 0 Å².